The molecular formula is C18H27IO. The van der Waals surface area contributed by atoms with Gasteiger partial charge in [-0.15, -0.1) is 0 Å². The molecule has 3 atom stereocenters. The van der Waals surface area contributed by atoms with Crippen LogP contribution in [0.4, 0.5) is 0 Å². The Hall–Kier alpha value is -0.0900. The van der Waals surface area contributed by atoms with Gasteiger partial charge in [0.15, 0.2) is 0 Å². The molecule has 1 fully saturated rings. The van der Waals surface area contributed by atoms with Crippen LogP contribution in [0.5, 0.6) is 0 Å². The molecule has 3 unspecified atom stereocenters. The second-order valence-electron chi connectivity index (χ2n) is 7.23. The van der Waals surface area contributed by atoms with E-state index in [-0.39, 0.29) is 6.10 Å². The maximum Gasteiger partial charge on any atom is 0.0918 e. The molecule has 0 heterocycles. The first-order chi connectivity index (χ1) is 9.39. The summed E-state index contributed by atoms with van der Waals surface area (Å²) in [6, 6.07) is 8.81. The zero-order chi connectivity index (χ0) is 14.8. The number of hydrogen-bond donors (Lipinski definition) is 0. The highest BCUT2D eigenvalue weighted by Gasteiger charge is 2.33. The number of hydrogen-bond acceptors (Lipinski definition) is 1. The van der Waals surface area contributed by atoms with Gasteiger partial charge < -0.3 is 4.74 Å². The Morgan fingerprint density at radius 1 is 1.25 bits per heavy atom. The Morgan fingerprint density at radius 2 is 1.90 bits per heavy atom. The molecule has 0 aromatic heterocycles. The lowest BCUT2D eigenvalue weighted by Gasteiger charge is -2.40. The van der Waals surface area contributed by atoms with Crippen molar-refractivity contribution in [3.63, 3.8) is 0 Å². The van der Waals surface area contributed by atoms with Crippen LogP contribution in [0.1, 0.15) is 57.3 Å². The summed E-state index contributed by atoms with van der Waals surface area (Å²) in [5.41, 5.74) is 3.06. The van der Waals surface area contributed by atoms with Crippen molar-refractivity contribution in [3.05, 3.63) is 35.4 Å². The minimum Gasteiger partial charge on any atom is -0.369 e. The Kier molecular flexibility index (Phi) is 5.52. The van der Waals surface area contributed by atoms with Crippen molar-refractivity contribution in [1.82, 2.24) is 0 Å². The Morgan fingerprint density at radius 3 is 2.45 bits per heavy atom. The average molecular weight is 386 g/mol. The van der Waals surface area contributed by atoms with Crippen molar-refractivity contribution in [3.8, 4) is 0 Å². The van der Waals surface area contributed by atoms with Gasteiger partial charge in [0.05, 0.1) is 12.2 Å². The molecule has 0 saturated heterocycles. The van der Waals surface area contributed by atoms with Crippen LogP contribution < -0.4 is 0 Å². The second kappa shape index (κ2) is 6.78. The van der Waals surface area contributed by atoms with Gasteiger partial charge in [-0.25, -0.2) is 0 Å². The van der Waals surface area contributed by atoms with Crippen molar-refractivity contribution >= 4 is 22.6 Å². The van der Waals surface area contributed by atoms with Crippen LogP contribution in [0, 0.1) is 18.3 Å². The average Bonchev–Trinajstić information content (AvgIpc) is 2.34. The maximum atomic E-state index is 6.47. The van der Waals surface area contributed by atoms with Crippen molar-refractivity contribution in [2.45, 2.75) is 59.2 Å². The topological polar surface area (TPSA) is 9.23 Å². The third-order valence-electron chi connectivity index (χ3n) is 4.29. The highest BCUT2D eigenvalue weighted by Crippen LogP contribution is 2.41. The molecule has 0 amide bonds. The van der Waals surface area contributed by atoms with Crippen molar-refractivity contribution in [2.24, 2.45) is 11.3 Å². The van der Waals surface area contributed by atoms with E-state index < -0.39 is 0 Å². The highest BCUT2D eigenvalue weighted by atomic mass is 127. The van der Waals surface area contributed by atoms with Crippen LogP contribution in [0.2, 0.25) is 0 Å². The van der Waals surface area contributed by atoms with E-state index in [0.29, 0.717) is 11.5 Å². The molecule has 0 aliphatic heterocycles. The lowest BCUT2D eigenvalue weighted by atomic mass is 9.71. The molecule has 1 aliphatic carbocycles. The molecule has 0 spiro atoms. The minimum atomic E-state index is 0.238. The summed E-state index contributed by atoms with van der Waals surface area (Å²) in [7, 11) is 0. The smallest absolute Gasteiger partial charge is 0.0918 e. The zero-order valence-corrected chi connectivity index (χ0v) is 15.3. The van der Waals surface area contributed by atoms with E-state index in [1.807, 2.05) is 0 Å². The van der Waals surface area contributed by atoms with E-state index in [1.165, 1.54) is 30.4 Å². The zero-order valence-electron chi connectivity index (χ0n) is 13.2. The number of benzene rings is 1. The molecule has 1 aromatic carbocycles. The number of ether oxygens (including phenoxy) is 1. The summed E-state index contributed by atoms with van der Waals surface area (Å²) in [6.07, 6.45) is 4.38. The van der Waals surface area contributed by atoms with E-state index >= 15 is 0 Å². The van der Waals surface area contributed by atoms with Crippen molar-refractivity contribution in [2.75, 3.05) is 4.43 Å². The third-order valence-corrected chi connectivity index (χ3v) is 5.09. The van der Waals surface area contributed by atoms with Crippen LogP contribution in [-0.4, -0.2) is 10.5 Å². The van der Waals surface area contributed by atoms with Crippen LogP contribution in [0.25, 0.3) is 0 Å². The summed E-state index contributed by atoms with van der Waals surface area (Å²) < 4.78 is 7.49. The van der Waals surface area contributed by atoms with Crippen molar-refractivity contribution < 1.29 is 4.74 Å². The molecule has 1 aliphatic rings. The Balaban J connectivity index is 2.04. The second-order valence-corrected chi connectivity index (χ2v) is 8.11. The molecule has 2 heteroatoms. The predicted octanol–water partition coefficient (Wildman–Crippen LogP) is 5.70. The Bertz CT molecular complexity index is 424. The summed E-state index contributed by atoms with van der Waals surface area (Å²) in [4.78, 5) is 0. The van der Waals surface area contributed by atoms with Gasteiger partial charge in [-0.05, 0) is 43.1 Å². The van der Waals surface area contributed by atoms with E-state index in [9.17, 15) is 0 Å². The van der Waals surface area contributed by atoms with E-state index in [1.54, 1.807) is 0 Å². The van der Waals surface area contributed by atoms with E-state index in [0.717, 1.165) is 10.3 Å². The number of halogens is 1. The molecule has 0 bridgehead atoms. The van der Waals surface area contributed by atoms with Gasteiger partial charge in [0.2, 0.25) is 0 Å². The first-order valence-electron chi connectivity index (χ1n) is 7.67. The maximum absolute atomic E-state index is 6.47. The van der Waals surface area contributed by atoms with Gasteiger partial charge in [-0.1, -0.05) is 73.2 Å². The van der Waals surface area contributed by atoms with Crippen LogP contribution >= 0.6 is 22.6 Å². The van der Waals surface area contributed by atoms with E-state index in [4.69, 9.17) is 4.74 Å². The van der Waals surface area contributed by atoms with Crippen molar-refractivity contribution in [1.29, 1.82) is 0 Å². The first kappa shape index (κ1) is 16.3. The monoisotopic (exact) mass is 386 g/mol. The number of aryl methyl sites for hydroxylation is 1. The molecule has 1 nitrogen and oxygen atoms in total. The molecule has 1 saturated carbocycles. The lowest BCUT2D eigenvalue weighted by Crippen LogP contribution is -2.33. The largest absolute Gasteiger partial charge is 0.369 e. The fourth-order valence-electron chi connectivity index (χ4n) is 3.58. The Labute approximate surface area is 137 Å². The summed E-state index contributed by atoms with van der Waals surface area (Å²) in [6.45, 7) is 9.26. The standard InChI is InChI=1S/C18H27IO/c1-13-5-7-15(8-6-13)17(12-19)20-16-9-14(2)10-18(3,4)11-16/h5-8,14,16-17H,9-12H2,1-4H3. The van der Waals surface area contributed by atoms with Crippen LogP contribution in [0.15, 0.2) is 24.3 Å². The molecule has 20 heavy (non-hydrogen) atoms. The number of rotatable bonds is 4. The normalized spacial score (nSPS) is 27.2. The van der Waals surface area contributed by atoms with E-state index in [2.05, 4.69) is 74.6 Å². The molecule has 112 valence electrons. The highest BCUT2D eigenvalue weighted by molar-refractivity contribution is 14.1. The lowest BCUT2D eigenvalue weighted by molar-refractivity contribution is -0.0573. The minimum absolute atomic E-state index is 0.238. The van der Waals surface area contributed by atoms with Gasteiger partial charge in [-0.3, -0.25) is 0 Å². The molecule has 2 rings (SSSR count). The van der Waals surface area contributed by atoms with Gasteiger partial charge >= 0.3 is 0 Å². The first-order valence-corrected chi connectivity index (χ1v) is 9.20. The summed E-state index contributed by atoms with van der Waals surface area (Å²) in [5.74, 6) is 0.775. The molecule has 0 radical (unpaired) electrons. The van der Waals surface area contributed by atoms with Gasteiger partial charge in [0.1, 0.15) is 0 Å². The molecule has 1 aromatic rings. The summed E-state index contributed by atoms with van der Waals surface area (Å²) >= 11 is 2.45. The quantitative estimate of drug-likeness (QED) is 0.476. The van der Waals surface area contributed by atoms with Crippen LogP contribution in [0.3, 0.4) is 0 Å². The van der Waals surface area contributed by atoms with Gasteiger partial charge in [0, 0.05) is 4.43 Å². The molecule has 0 N–H and O–H groups in total. The predicted molar refractivity (Wildman–Crippen MR) is 94.5 cm³/mol. The van der Waals surface area contributed by atoms with Gasteiger partial charge in [0.25, 0.3) is 0 Å². The summed E-state index contributed by atoms with van der Waals surface area (Å²) in [5, 5.41) is 0. The third kappa shape index (κ3) is 4.45. The molecular weight excluding hydrogens is 359 g/mol. The SMILES string of the molecule is Cc1ccc(C(CI)OC2CC(C)CC(C)(C)C2)cc1. The fourth-order valence-corrected chi connectivity index (χ4v) is 4.30. The van der Waals surface area contributed by atoms with Gasteiger partial charge in [-0.2, -0.15) is 0 Å². The fraction of sp³-hybridized carbons (Fsp3) is 0.667. The number of alkyl halides is 1. The van der Waals surface area contributed by atoms with Crippen LogP contribution in [-0.2, 0) is 4.74 Å².